The molecule has 2 aromatic carbocycles. The molecule has 0 saturated carbocycles. The zero-order valence-electron chi connectivity index (χ0n) is 15.8. The van der Waals surface area contributed by atoms with Crippen LogP contribution in [0, 0.1) is 6.92 Å². The van der Waals surface area contributed by atoms with Gasteiger partial charge in [-0.15, -0.1) is 0 Å². The molecule has 0 fully saturated rings. The quantitative estimate of drug-likeness (QED) is 0.804. The Bertz CT molecular complexity index is 896. The summed E-state index contributed by atoms with van der Waals surface area (Å²) in [5, 5.41) is 2.71. The molecule has 2 amide bonds. The van der Waals surface area contributed by atoms with Gasteiger partial charge in [-0.1, -0.05) is 24.3 Å². The van der Waals surface area contributed by atoms with Gasteiger partial charge in [-0.05, 0) is 43.7 Å². The molecule has 1 aliphatic rings. The fourth-order valence-electron chi connectivity index (χ4n) is 2.88. The molecular formula is C21H22N2O5. The van der Waals surface area contributed by atoms with E-state index in [2.05, 4.69) is 5.32 Å². The van der Waals surface area contributed by atoms with Gasteiger partial charge in [0.05, 0.1) is 18.7 Å². The summed E-state index contributed by atoms with van der Waals surface area (Å²) in [7, 11) is 0. The fourth-order valence-corrected chi connectivity index (χ4v) is 2.88. The predicted octanol–water partition coefficient (Wildman–Crippen LogP) is 2.68. The highest BCUT2D eigenvalue weighted by molar-refractivity contribution is 6.00. The molecule has 1 atom stereocenters. The first kappa shape index (κ1) is 19.4. The number of carbonyl (C=O) groups is 3. The smallest absolute Gasteiger partial charge is 0.326 e. The molecule has 0 aromatic heterocycles. The van der Waals surface area contributed by atoms with Crippen LogP contribution >= 0.6 is 0 Å². The molecule has 146 valence electrons. The summed E-state index contributed by atoms with van der Waals surface area (Å²) in [6.45, 7) is 3.36. The van der Waals surface area contributed by atoms with E-state index in [4.69, 9.17) is 9.47 Å². The maximum absolute atomic E-state index is 12.4. The van der Waals surface area contributed by atoms with Crippen LogP contribution in [0.5, 0.6) is 5.75 Å². The van der Waals surface area contributed by atoms with Crippen LogP contribution in [0.2, 0.25) is 0 Å². The van der Waals surface area contributed by atoms with Gasteiger partial charge in [-0.2, -0.15) is 0 Å². The summed E-state index contributed by atoms with van der Waals surface area (Å²) >= 11 is 0. The molecule has 7 nitrogen and oxygen atoms in total. The topological polar surface area (TPSA) is 84.9 Å². The second-order valence-electron chi connectivity index (χ2n) is 6.54. The molecule has 0 aliphatic carbocycles. The van der Waals surface area contributed by atoms with Crippen LogP contribution in [-0.4, -0.2) is 37.0 Å². The minimum Gasteiger partial charge on any atom is -0.491 e. The maximum Gasteiger partial charge on any atom is 0.326 e. The van der Waals surface area contributed by atoms with E-state index in [9.17, 15) is 14.4 Å². The van der Waals surface area contributed by atoms with Crippen molar-refractivity contribution in [2.45, 2.75) is 26.4 Å². The summed E-state index contributed by atoms with van der Waals surface area (Å²) in [4.78, 5) is 38.3. The van der Waals surface area contributed by atoms with Crippen molar-refractivity contribution in [3.05, 3.63) is 54.1 Å². The number of para-hydroxylation sites is 2. The van der Waals surface area contributed by atoms with E-state index in [1.54, 1.807) is 30.3 Å². The Hall–Kier alpha value is -3.35. The number of anilines is 2. The van der Waals surface area contributed by atoms with E-state index < -0.39 is 18.0 Å². The standard InChI is InChI=1S/C21H22N2O5/c1-14-6-5-7-16(12-14)22-21(26)15(2)28-20(25)13-23-17-8-3-4-9-18(17)27-11-10-19(23)24/h3-9,12,15H,10-11,13H2,1-2H3,(H,22,26)/t15-/m0/s1. The van der Waals surface area contributed by atoms with Crippen LogP contribution in [0.1, 0.15) is 18.9 Å². The number of esters is 1. The zero-order valence-corrected chi connectivity index (χ0v) is 15.8. The van der Waals surface area contributed by atoms with Gasteiger partial charge in [0.1, 0.15) is 12.3 Å². The second kappa shape index (κ2) is 8.56. The number of rotatable bonds is 5. The Morgan fingerprint density at radius 3 is 2.79 bits per heavy atom. The van der Waals surface area contributed by atoms with Gasteiger partial charge in [0, 0.05) is 5.69 Å². The normalized spacial score (nSPS) is 14.4. The first-order chi connectivity index (χ1) is 13.4. The van der Waals surface area contributed by atoms with Crippen LogP contribution in [0.15, 0.2) is 48.5 Å². The first-order valence-electron chi connectivity index (χ1n) is 9.03. The molecule has 0 bridgehead atoms. The number of amides is 2. The van der Waals surface area contributed by atoms with Gasteiger partial charge in [-0.25, -0.2) is 0 Å². The lowest BCUT2D eigenvalue weighted by Crippen LogP contribution is -2.39. The number of hydrogen-bond donors (Lipinski definition) is 1. The van der Waals surface area contributed by atoms with E-state index in [1.807, 2.05) is 25.1 Å². The lowest BCUT2D eigenvalue weighted by atomic mass is 10.2. The molecule has 7 heteroatoms. The lowest BCUT2D eigenvalue weighted by Gasteiger charge is -2.22. The summed E-state index contributed by atoms with van der Waals surface area (Å²) in [6, 6.07) is 14.3. The summed E-state index contributed by atoms with van der Waals surface area (Å²) in [6.07, 6.45) is -0.840. The zero-order chi connectivity index (χ0) is 20.1. The Kier molecular flexibility index (Phi) is 5.93. The van der Waals surface area contributed by atoms with Gasteiger partial charge in [0.15, 0.2) is 6.10 Å². The first-order valence-corrected chi connectivity index (χ1v) is 9.03. The van der Waals surface area contributed by atoms with E-state index in [1.165, 1.54) is 11.8 Å². The number of nitrogens with one attached hydrogen (secondary N) is 1. The number of aryl methyl sites for hydroxylation is 1. The highest BCUT2D eigenvalue weighted by Gasteiger charge is 2.27. The van der Waals surface area contributed by atoms with Crippen molar-refractivity contribution in [3.8, 4) is 5.75 Å². The van der Waals surface area contributed by atoms with Crippen LogP contribution < -0.4 is 15.0 Å². The van der Waals surface area contributed by atoms with Gasteiger partial charge in [0.2, 0.25) is 5.91 Å². The van der Waals surface area contributed by atoms with Crippen LogP contribution in [0.3, 0.4) is 0 Å². The van der Waals surface area contributed by atoms with Crippen molar-refractivity contribution in [1.29, 1.82) is 0 Å². The van der Waals surface area contributed by atoms with Crippen LogP contribution in [-0.2, 0) is 19.1 Å². The fraction of sp³-hybridized carbons (Fsp3) is 0.286. The Morgan fingerprint density at radius 1 is 1.21 bits per heavy atom. The van der Waals surface area contributed by atoms with E-state index in [-0.39, 0.29) is 25.5 Å². The highest BCUT2D eigenvalue weighted by atomic mass is 16.5. The van der Waals surface area contributed by atoms with Crippen molar-refractivity contribution >= 4 is 29.2 Å². The third-order valence-corrected chi connectivity index (χ3v) is 4.28. The van der Waals surface area contributed by atoms with Gasteiger partial charge in [0.25, 0.3) is 5.91 Å². The Morgan fingerprint density at radius 2 is 2.00 bits per heavy atom. The summed E-state index contributed by atoms with van der Waals surface area (Å²) < 4.78 is 10.8. The molecule has 2 aromatic rings. The molecule has 0 saturated heterocycles. The van der Waals surface area contributed by atoms with Gasteiger partial charge >= 0.3 is 5.97 Å². The van der Waals surface area contributed by atoms with Crippen LogP contribution in [0.4, 0.5) is 11.4 Å². The molecule has 1 heterocycles. The van der Waals surface area contributed by atoms with Gasteiger partial charge < -0.3 is 14.8 Å². The van der Waals surface area contributed by atoms with Crippen molar-refractivity contribution in [2.24, 2.45) is 0 Å². The SMILES string of the molecule is Cc1cccc(NC(=O)[C@H](C)OC(=O)CN2C(=O)CCOc3ccccc32)c1. The maximum atomic E-state index is 12.4. The Labute approximate surface area is 163 Å². The molecule has 0 unspecified atom stereocenters. The van der Waals surface area contributed by atoms with Crippen molar-refractivity contribution < 1.29 is 23.9 Å². The minimum absolute atomic E-state index is 0.158. The monoisotopic (exact) mass is 382 g/mol. The number of fused-ring (bicyclic) bond motifs is 1. The number of nitrogens with zero attached hydrogens (tertiary/aromatic N) is 1. The third kappa shape index (κ3) is 4.68. The molecule has 0 radical (unpaired) electrons. The van der Waals surface area contributed by atoms with Crippen molar-refractivity contribution in [2.75, 3.05) is 23.4 Å². The average molecular weight is 382 g/mol. The number of carbonyl (C=O) groups excluding carboxylic acids is 3. The molecule has 3 rings (SSSR count). The lowest BCUT2D eigenvalue weighted by molar-refractivity contribution is -0.152. The average Bonchev–Trinajstić information content (AvgIpc) is 2.81. The predicted molar refractivity (Wildman–Crippen MR) is 104 cm³/mol. The van der Waals surface area contributed by atoms with Crippen molar-refractivity contribution in [1.82, 2.24) is 0 Å². The highest BCUT2D eigenvalue weighted by Crippen LogP contribution is 2.30. The minimum atomic E-state index is -0.999. The Balaban J connectivity index is 1.63. The van der Waals surface area contributed by atoms with E-state index in [0.717, 1.165) is 5.56 Å². The number of benzene rings is 2. The largest absolute Gasteiger partial charge is 0.491 e. The molecule has 1 N–H and O–H groups in total. The van der Waals surface area contributed by atoms with E-state index >= 15 is 0 Å². The van der Waals surface area contributed by atoms with E-state index in [0.29, 0.717) is 17.1 Å². The second-order valence-corrected chi connectivity index (χ2v) is 6.54. The number of hydrogen-bond acceptors (Lipinski definition) is 5. The molecular weight excluding hydrogens is 360 g/mol. The molecule has 1 aliphatic heterocycles. The summed E-state index contributed by atoms with van der Waals surface area (Å²) in [5.41, 5.74) is 2.14. The number of ether oxygens (including phenoxy) is 2. The van der Waals surface area contributed by atoms with Crippen molar-refractivity contribution in [3.63, 3.8) is 0 Å². The van der Waals surface area contributed by atoms with Gasteiger partial charge in [-0.3, -0.25) is 19.3 Å². The third-order valence-electron chi connectivity index (χ3n) is 4.28. The summed E-state index contributed by atoms with van der Waals surface area (Å²) in [5.74, 6) is -0.813. The van der Waals surface area contributed by atoms with Crippen LogP contribution in [0.25, 0.3) is 0 Å². The molecule has 0 spiro atoms. The molecule has 28 heavy (non-hydrogen) atoms.